The number of carbonyl (C=O) groups is 1. The second kappa shape index (κ2) is 10.0. The summed E-state index contributed by atoms with van der Waals surface area (Å²) in [4.78, 5) is 22.6. The maximum Gasteiger partial charge on any atom is 0.289 e. The summed E-state index contributed by atoms with van der Waals surface area (Å²) in [6.07, 6.45) is 0.949. The van der Waals surface area contributed by atoms with E-state index in [4.69, 9.17) is 28.6 Å². The van der Waals surface area contributed by atoms with Gasteiger partial charge in [-0.25, -0.2) is 0 Å². The second-order valence-corrected chi connectivity index (χ2v) is 7.20. The van der Waals surface area contributed by atoms with Crippen LogP contribution in [-0.4, -0.2) is 22.5 Å². The lowest BCUT2D eigenvalue weighted by Gasteiger charge is -2.11. The molecule has 0 saturated carbocycles. The first-order valence-electron chi connectivity index (χ1n) is 8.55. The monoisotopic (exact) mass is 421 g/mol. The normalized spacial score (nSPS) is 10.4. The van der Waals surface area contributed by atoms with Crippen molar-refractivity contribution < 1.29 is 14.5 Å². The van der Waals surface area contributed by atoms with E-state index in [-0.39, 0.29) is 15.8 Å². The molecule has 2 N–H and O–H groups in total. The Morgan fingerprint density at radius 3 is 2.54 bits per heavy atom. The Morgan fingerprint density at radius 2 is 1.93 bits per heavy atom. The lowest BCUT2D eigenvalue weighted by molar-refractivity contribution is -0.384. The van der Waals surface area contributed by atoms with E-state index >= 15 is 0 Å². The van der Waals surface area contributed by atoms with Gasteiger partial charge in [0.05, 0.1) is 11.5 Å². The number of benzene rings is 2. The van der Waals surface area contributed by atoms with Crippen LogP contribution < -0.4 is 15.4 Å². The number of ether oxygens (including phenoxy) is 1. The molecule has 0 heterocycles. The second-order valence-electron chi connectivity index (χ2n) is 6.39. The van der Waals surface area contributed by atoms with Crippen molar-refractivity contribution in [3.05, 3.63) is 63.2 Å². The van der Waals surface area contributed by atoms with Gasteiger partial charge in [-0.3, -0.25) is 20.2 Å². The van der Waals surface area contributed by atoms with Crippen molar-refractivity contribution in [3.8, 4) is 5.75 Å². The minimum Gasteiger partial charge on any atom is -0.494 e. The molecular weight excluding hydrogens is 402 g/mol. The van der Waals surface area contributed by atoms with Crippen LogP contribution in [0.4, 0.5) is 11.4 Å². The fraction of sp³-hybridized carbons (Fsp3) is 0.263. The highest BCUT2D eigenvalue weighted by Gasteiger charge is 2.14. The topological polar surface area (TPSA) is 93.5 Å². The minimum atomic E-state index is -0.597. The van der Waals surface area contributed by atoms with E-state index < -0.39 is 10.8 Å². The quantitative estimate of drug-likeness (QED) is 0.379. The zero-order valence-electron chi connectivity index (χ0n) is 15.4. The van der Waals surface area contributed by atoms with Crippen LogP contribution in [0.25, 0.3) is 0 Å². The van der Waals surface area contributed by atoms with E-state index in [1.165, 1.54) is 18.2 Å². The number of anilines is 1. The molecule has 0 atom stereocenters. The number of amides is 1. The fourth-order valence-corrected chi connectivity index (χ4v) is 2.58. The number of carbonyl (C=O) groups excluding carboxylic acids is 1. The molecule has 28 heavy (non-hydrogen) atoms. The highest BCUT2D eigenvalue weighted by Crippen LogP contribution is 2.27. The number of nitro benzene ring substituents is 1. The molecule has 7 nitrogen and oxygen atoms in total. The molecule has 1 amide bonds. The average Bonchev–Trinajstić information content (AvgIpc) is 2.63. The van der Waals surface area contributed by atoms with Gasteiger partial charge in [0.25, 0.3) is 11.6 Å². The van der Waals surface area contributed by atoms with Crippen molar-refractivity contribution in [3.63, 3.8) is 0 Å². The summed E-state index contributed by atoms with van der Waals surface area (Å²) < 4.78 is 5.62. The molecule has 2 rings (SSSR count). The first kappa shape index (κ1) is 21.6. The minimum absolute atomic E-state index is 0.0129. The Hall–Kier alpha value is -2.71. The molecule has 0 bridgehead atoms. The predicted molar refractivity (Wildman–Crippen MR) is 113 cm³/mol. The SMILES string of the molecule is CC(C)CCOc1ccc(C(=O)NC(=S)Nc2ccc(Cl)c([N+](=O)[O-])c2)cc1. The molecular formula is C19H20ClN3O4S. The molecule has 0 aliphatic carbocycles. The van der Waals surface area contributed by atoms with Crippen LogP contribution in [-0.2, 0) is 0 Å². The number of nitro groups is 1. The van der Waals surface area contributed by atoms with Crippen molar-refractivity contribution in [2.45, 2.75) is 20.3 Å². The van der Waals surface area contributed by atoms with Crippen molar-refractivity contribution >= 4 is 46.2 Å². The molecule has 0 aliphatic heterocycles. The number of hydrogen-bond acceptors (Lipinski definition) is 5. The Labute approximate surface area is 173 Å². The Balaban J connectivity index is 1.92. The zero-order chi connectivity index (χ0) is 20.7. The van der Waals surface area contributed by atoms with E-state index in [1.54, 1.807) is 24.3 Å². The molecule has 0 saturated heterocycles. The molecule has 2 aromatic carbocycles. The Bertz CT molecular complexity index is 872. The van der Waals surface area contributed by atoms with Gasteiger partial charge in [-0.15, -0.1) is 0 Å². The smallest absolute Gasteiger partial charge is 0.289 e. The van der Waals surface area contributed by atoms with Gasteiger partial charge in [0.2, 0.25) is 0 Å². The number of hydrogen-bond donors (Lipinski definition) is 2. The van der Waals surface area contributed by atoms with Crippen LogP contribution in [0.15, 0.2) is 42.5 Å². The summed E-state index contributed by atoms with van der Waals surface area (Å²) in [6.45, 7) is 4.86. The lowest BCUT2D eigenvalue weighted by Crippen LogP contribution is -2.34. The molecule has 0 fully saturated rings. The van der Waals surface area contributed by atoms with Gasteiger partial charge in [0.1, 0.15) is 10.8 Å². The lowest BCUT2D eigenvalue weighted by atomic mass is 10.1. The van der Waals surface area contributed by atoms with Gasteiger partial charge in [-0.05, 0) is 61.0 Å². The number of halogens is 1. The zero-order valence-corrected chi connectivity index (χ0v) is 17.0. The van der Waals surface area contributed by atoms with Crippen molar-refractivity contribution in [2.24, 2.45) is 5.92 Å². The molecule has 0 spiro atoms. The molecule has 0 aromatic heterocycles. The summed E-state index contributed by atoms with van der Waals surface area (Å²) in [5.74, 6) is 0.835. The van der Waals surface area contributed by atoms with Gasteiger partial charge < -0.3 is 10.1 Å². The average molecular weight is 422 g/mol. The van der Waals surface area contributed by atoms with Gasteiger partial charge in [0.15, 0.2) is 5.11 Å². The van der Waals surface area contributed by atoms with Crippen LogP contribution in [0.3, 0.4) is 0 Å². The molecule has 9 heteroatoms. The standard InChI is InChI=1S/C19H20ClN3O4S/c1-12(2)9-10-27-15-6-3-13(4-7-15)18(24)22-19(28)21-14-5-8-16(20)17(11-14)23(25)26/h3-8,11-12H,9-10H2,1-2H3,(H2,21,22,24,28). The van der Waals surface area contributed by atoms with Gasteiger partial charge in [0, 0.05) is 17.3 Å². The number of nitrogens with one attached hydrogen (secondary N) is 2. The fourth-order valence-electron chi connectivity index (χ4n) is 2.18. The number of rotatable bonds is 7. The maximum atomic E-state index is 12.3. The molecule has 0 aliphatic rings. The van der Waals surface area contributed by atoms with E-state index in [9.17, 15) is 14.9 Å². The van der Waals surface area contributed by atoms with Gasteiger partial charge in [-0.1, -0.05) is 25.4 Å². The van der Waals surface area contributed by atoms with Crippen molar-refractivity contribution in [2.75, 3.05) is 11.9 Å². The van der Waals surface area contributed by atoms with E-state index in [0.29, 0.717) is 29.5 Å². The summed E-state index contributed by atoms with van der Waals surface area (Å²) in [5.41, 5.74) is 0.492. The van der Waals surface area contributed by atoms with E-state index in [1.807, 2.05) is 0 Å². The first-order valence-corrected chi connectivity index (χ1v) is 9.34. The Kier molecular flexibility index (Phi) is 7.71. The molecule has 0 radical (unpaired) electrons. The Morgan fingerprint density at radius 1 is 1.25 bits per heavy atom. The summed E-state index contributed by atoms with van der Waals surface area (Å²) in [5, 5.41) is 16.2. The number of thiocarbonyl (C=S) groups is 1. The summed E-state index contributed by atoms with van der Waals surface area (Å²) in [7, 11) is 0. The largest absolute Gasteiger partial charge is 0.494 e. The predicted octanol–water partition coefficient (Wildman–Crippen LogP) is 4.80. The maximum absolute atomic E-state index is 12.3. The molecule has 2 aromatic rings. The van der Waals surface area contributed by atoms with E-state index in [0.717, 1.165) is 6.42 Å². The van der Waals surface area contributed by atoms with Crippen LogP contribution in [0.5, 0.6) is 5.75 Å². The third-order valence-corrected chi connectivity index (χ3v) is 4.23. The molecule has 148 valence electrons. The summed E-state index contributed by atoms with van der Waals surface area (Å²) in [6, 6.07) is 10.8. The highest BCUT2D eigenvalue weighted by molar-refractivity contribution is 7.80. The highest BCUT2D eigenvalue weighted by atomic mass is 35.5. The van der Waals surface area contributed by atoms with Crippen LogP contribution in [0.1, 0.15) is 30.6 Å². The summed E-state index contributed by atoms with van der Waals surface area (Å²) >= 11 is 10.9. The van der Waals surface area contributed by atoms with Gasteiger partial charge >= 0.3 is 0 Å². The van der Waals surface area contributed by atoms with Crippen molar-refractivity contribution in [1.82, 2.24) is 5.32 Å². The number of nitrogens with zero attached hydrogens (tertiary/aromatic N) is 1. The van der Waals surface area contributed by atoms with Crippen molar-refractivity contribution in [1.29, 1.82) is 0 Å². The first-order chi connectivity index (χ1) is 13.3. The third-order valence-electron chi connectivity index (χ3n) is 3.71. The molecule has 0 unspecified atom stereocenters. The van der Waals surface area contributed by atoms with Crippen LogP contribution >= 0.6 is 23.8 Å². The van der Waals surface area contributed by atoms with Crippen LogP contribution in [0, 0.1) is 16.0 Å². The van der Waals surface area contributed by atoms with Gasteiger partial charge in [-0.2, -0.15) is 0 Å². The van der Waals surface area contributed by atoms with Crippen LogP contribution in [0.2, 0.25) is 5.02 Å². The van der Waals surface area contributed by atoms with E-state index in [2.05, 4.69) is 24.5 Å². The third kappa shape index (κ3) is 6.47.